The molecule has 0 saturated carbocycles. The quantitative estimate of drug-likeness (QED) is 0.700. The Bertz CT molecular complexity index is 453. The molecule has 0 spiro atoms. The van der Waals surface area contributed by atoms with Crippen molar-refractivity contribution < 1.29 is 10.2 Å². The Morgan fingerprint density at radius 1 is 1.12 bits per heavy atom. The Balaban J connectivity index is 2.35. The average molecular weight is 212 g/mol. The van der Waals surface area contributed by atoms with Crippen LogP contribution in [0.3, 0.4) is 0 Å². The monoisotopic (exact) mass is 212 g/mol. The standard InChI is InChI=1S/C14H12O2/c15-10-11-5-4-8-13(9-11)14(16)12-6-2-1-3-7-12/h1-10,15-16H/b11-10-,14-13-. The fraction of sp³-hybridized carbons (Fsp3) is 0. The van der Waals surface area contributed by atoms with E-state index < -0.39 is 0 Å². The molecule has 1 aromatic carbocycles. The van der Waals surface area contributed by atoms with Crippen LogP contribution in [-0.2, 0) is 0 Å². The van der Waals surface area contributed by atoms with E-state index in [9.17, 15) is 5.11 Å². The van der Waals surface area contributed by atoms with Crippen molar-refractivity contribution in [3.8, 4) is 0 Å². The highest BCUT2D eigenvalue weighted by Crippen LogP contribution is 2.26. The molecule has 2 radical (unpaired) electrons. The fourth-order valence-electron chi connectivity index (χ4n) is 1.53. The Morgan fingerprint density at radius 2 is 1.88 bits per heavy atom. The van der Waals surface area contributed by atoms with Crippen LogP contribution < -0.4 is 0 Å². The molecule has 0 heterocycles. The predicted octanol–water partition coefficient (Wildman–Crippen LogP) is 3.38. The molecule has 1 aromatic rings. The summed E-state index contributed by atoms with van der Waals surface area (Å²) < 4.78 is 0. The molecular weight excluding hydrogens is 200 g/mol. The molecule has 2 heteroatoms. The van der Waals surface area contributed by atoms with Crippen LogP contribution in [0.25, 0.3) is 5.76 Å². The number of allylic oxidation sites excluding steroid dienone is 4. The summed E-state index contributed by atoms with van der Waals surface area (Å²) in [6.45, 7) is 0. The lowest BCUT2D eigenvalue weighted by Gasteiger charge is -2.12. The van der Waals surface area contributed by atoms with Gasteiger partial charge in [0, 0.05) is 24.0 Å². The van der Waals surface area contributed by atoms with Gasteiger partial charge < -0.3 is 10.2 Å². The molecule has 80 valence electrons. The van der Waals surface area contributed by atoms with Crippen molar-refractivity contribution in [2.45, 2.75) is 0 Å². The van der Waals surface area contributed by atoms with E-state index in [0.29, 0.717) is 11.1 Å². The highest BCUT2D eigenvalue weighted by Gasteiger charge is 2.11. The number of hydrogen-bond acceptors (Lipinski definition) is 2. The molecule has 0 atom stereocenters. The van der Waals surface area contributed by atoms with Gasteiger partial charge in [0.05, 0.1) is 6.26 Å². The maximum atomic E-state index is 10.0. The number of hydrogen-bond donors (Lipinski definition) is 2. The van der Waals surface area contributed by atoms with E-state index in [-0.39, 0.29) is 5.76 Å². The van der Waals surface area contributed by atoms with Gasteiger partial charge in [-0.15, -0.1) is 0 Å². The third-order valence-electron chi connectivity index (χ3n) is 2.36. The van der Waals surface area contributed by atoms with Gasteiger partial charge in [-0.3, -0.25) is 0 Å². The molecule has 0 saturated heterocycles. The summed E-state index contributed by atoms with van der Waals surface area (Å²) in [5.74, 6) is 0.212. The van der Waals surface area contributed by atoms with Crippen molar-refractivity contribution in [1.82, 2.24) is 0 Å². The van der Waals surface area contributed by atoms with Crippen LogP contribution in [0.15, 0.2) is 59.9 Å². The lowest BCUT2D eigenvalue weighted by atomic mass is 9.94. The molecule has 2 N–H and O–H groups in total. The molecule has 16 heavy (non-hydrogen) atoms. The molecule has 0 bridgehead atoms. The lowest BCUT2D eigenvalue weighted by Crippen LogP contribution is -1.98. The van der Waals surface area contributed by atoms with Crippen molar-refractivity contribution in [1.29, 1.82) is 0 Å². The molecule has 0 aliphatic heterocycles. The highest BCUT2D eigenvalue weighted by atomic mass is 16.3. The van der Waals surface area contributed by atoms with Crippen molar-refractivity contribution in [3.05, 3.63) is 78.3 Å². The van der Waals surface area contributed by atoms with Gasteiger partial charge in [0.25, 0.3) is 0 Å². The molecule has 1 aliphatic carbocycles. The second kappa shape index (κ2) is 4.71. The summed E-state index contributed by atoms with van der Waals surface area (Å²) in [6, 6.07) is 9.31. The van der Waals surface area contributed by atoms with E-state index in [1.165, 1.54) is 0 Å². The summed E-state index contributed by atoms with van der Waals surface area (Å²) in [7, 11) is 0. The van der Waals surface area contributed by atoms with Gasteiger partial charge in [-0.05, 0) is 5.57 Å². The third kappa shape index (κ3) is 2.16. The molecule has 2 nitrogen and oxygen atoms in total. The Kier molecular flexibility index (Phi) is 3.10. The van der Waals surface area contributed by atoms with Crippen molar-refractivity contribution in [3.63, 3.8) is 0 Å². The third-order valence-corrected chi connectivity index (χ3v) is 2.36. The van der Waals surface area contributed by atoms with Gasteiger partial charge in [-0.25, -0.2) is 0 Å². The minimum absolute atomic E-state index is 0.212. The van der Waals surface area contributed by atoms with E-state index >= 15 is 0 Å². The van der Waals surface area contributed by atoms with Crippen LogP contribution >= 0.6 is 0 Å². The van der Waals surface area contributed by atoms with Crippen LogP contribution in [0.1, 0.15) is 5.56 Å². The molecular formula is C14H12O2. The molecule has 2 rings (SSSR count). The van der Waals surface area contributed by atoms with Gasteiger partial charge in [0.1, 0.15) is 5.76 Å². The second-order valence-electron chi connectivity index (χ2n) is 3.47. The molecule has 0 fully saturated rings. The molecule has 0 amide bonds. The summed E-state index contributed by atoms with van der Waals surface area (Å²) in [4.78, 5) is 0. The zero-order valence-electron chi connectivity index (χ0n) is 8.67. The maximum Gasteiger partial charge on any atom is 0.126 e. The molecule has 0 aromatic heterocycles. The van der Waals surface area contributed by atoms with Crippen LogP contribution in [0.4, 0.5) is 0 Å². The van der Waals surface area contributed by atoms with Gasteiger partial charge >= 0.3 is 0 Å². The lowest BCUT2D eigenvalue weighted by molar-refractivity contribution is 0.469. The van der Waals surface area contributed by atoms with Gasteiger partial charge in [0.2, 0.25) is 0 Å². The second-order valence-corrected chi connectivity index (χ2v) is 3.47. The Hall–Kier alpha value is -1.96. The van der Waals surface area contributed by atoms with Crippen LogP contribution in [0.5, 0.6) is 0 Å². The number of benzene rings is 1. The fourth-order valence-corrected chi connectivity index (χ4v) is 1.53. The minimum Gasteiger partial charge on any atom is -0.516 e. The summed E-state index contributed by atoms with van der Waals surface area (Å²) in [5.41, 5.74) is 2.12. The van der Waals surface area contributed by atoms with Crippen LogP contribution in [-0.4, -0.2) is 10.2 Å². The van der Waals surface area contributed by atoms with E-state index in [1.807, 2.05) is 30.3 Å². The van der Waals surface area contributed by atoms with E-state index in [2.05, 4.69) is 0 Å². The van der Waals surface area contributed by atoms with Gasteiger partial charge in [-0.2, -0.15) is 0 Å². The van der Waals surface area contributed by atoms with Crippen molar-refractivity contribution >= 4 is 5.76 Å². The number of aliphatic hydroxyl groups is 2. The summed E-state index contributed by atoms with van der Waals surface area (Å²) >= 11 is 0. The maximum absolute atomic E-state index is 10.0. The smallest absolute Gasteiger partial charge is 0.126 e. The molecule has 1 aliphatic rings. The highest BCUT2D eigenvalue weighted by molar-refractivity contribution is 5.69. The van der Waals surface area contributed by atoms with Crippen LogP contribution in [0.2, 0.25) is 0 Å². The van der Waals surface area contributed by atoms with Gasteiger partial charge in [-0.1, -0.05) is 42.5 Å². The predicted molar refractivity (Wildman–Crippen MR) is 64.4 cm³/mol. The first-order valence-corrected chi connectivity index (χ1v) is 5.00. The number of rotatable bonds is 1. The van der Waals surface area contributed by atoms with E-state index in [1.54, 1.807) is 25.0 Å². The van der Waals surface area contributed by atoms with Crippen LogP contribution in [0, 0.1) is 12.8 Å². The minimum atomic E-state index is 0.212. The van der Waals surface area contributed by atoms with Crippen molar-refractivity contribution in [2.75, 3.05) is 0 Å². The summed E-state index contributed by atoms with van der Waals surface area (Å²) in [6.07, 6.45) is 8.09. The Morgan fingerprint density at radius 3 is 2.56 bits per heavy atom. The van der Waals surface area contributed by atoms with Gasteiger partial charge in [0.15, 0.2) is 0 Å². The first-order chi connectivity index (χ1) is 7.81. The first-order valence-electron chi connectivity index (χ1n) is 5.00. The molecule has 0 unspecified atom stereocenters. The van der Waals surface area contributed by atoms with E-state index in [0.717, 1.165) is 11.8 Å². The van der Waals surface area contributed by atoms with E-state index in [4.69, 9.17) is 5.11 Å². The zero-order valence-corrected chi connectivity index (χ0v) is 8.67. The summed E-state index contributed by atoms with van der Waals surface area (Å²) in [5, 5.41) is 18.9. The first kappa shape index (κ1) is 10.6. The topological polar surface area (TPSA) is 40.5 Å². The number of aliphatic hydroxyl groups excluding tert-OH is 2. The zero-order chi connectivity index (χ0) is 11.4. The Labute approximate surface area is 94.9 Å². The normalized spacial score (nSPS) is 21.1. The van der Waals surface area contributed by atoms with Crippen molar-refractivity contribution in [2.24, 2.45) is 0 Å². The average Bonchev–Trinajstić information content (AvgIpc) is 2.39. The largest absolute Gasteiger partial charge is 0.516 e. The SMILES string of the molecule is O/C=C1/[CH]C=C/C(=C(/O)c2ccccc2)[CH]1.